The zero-order chi connectivity index (χ0) is 19.7. The van der Waals surface area contributed by atoms with E-state index in [1.165, 1.54) is 16.3 Å². The molecule has 3 aliphatic heterocycles. The van der Waals surface area contributed by atoms with E-state index in [-0.39, 0.29) is 17.5 Å². The summed E-state index contributed by atoms with van der Waals surface area (Å²) in [5, 5.41) is 4.15. The number of aryl methyl sites for hydroxylation is 1. The summed E-state index contributed by atoms with van der Waals surface area (Å²) < 4.78 is 6.46. The van der Waals surface area contributed by atoms with Gasteiger partial charge >= 0.3 is 0 Å². The summed E-state index contributed by atoms with van der Waals surface area (Å²) in [6.45, 7) is 3.48. The highest BCUT2D eigenvalue weighted by Gasteiger charge is 2.37. The molecule has 4 heterocycles. The van der Waals surface area contributed by atoms with Crippen molar-refractivity contribution in [3.05, 3.63) is 58.0 Å². The molecular weight excluding hydrogens is 356 g/mol. The zero-order valence-electron chi connectivity index (χ0n) is 16.4. The van der Waals surface area contributed by atoms with Crippen LogP contribution in [0.3, 0.4) is 0 Å². The minimum atomic E-state index is -0.209. The molecule has 28 heavy (non-hydrogen) atoms. The molecule has 0 N–H and O–H groups in total. The average molecular weight is 382 g/mol. The SMILES string of the molecule is COc1ccc(CN2C[C@@H]3CC[C@H](C2)N(C(=O)c2ccc(=O)n(C)n2)C3)cc1. The molecular formula is C21H26N4O3. The Morgan fingerprint density at radius 3 is 2.61 bits per heavy atom. The van der Waals surface area contributed by atoms with Gasteiger partial charge in [-0.15, -0.1) is 0 Å². The highest BCUT2D eigenvalue weighted by molar-refractivity contribution is 5.92. The van der Waals surface area contributed by atoms with Gasteiger partial charge in [0.1, 0.15) is 11.4 Å². The number of amides is 1. The van der Waals surface area contributed by atoms with Crippen LogP contribution in [-0.2, 0) is 13.6 Å². The number of methoxy groups -OCH3 is 1. The number of piperidine rings is 1. The fourth-order valence-electron chi connectivity index (χ4n) is 4.31. The predicted octanol–water partition coefficient (Wildman–Crippen LogP) is 1.53. The maximum absolute atomic E-state index is 13.1. The Morgan fingerprint density at radius 2 is 1.89 bits per heavy atom. The number of hydrogen-bond acceptors (Lipinski definition) is 5. The largest absolute Gasteiger partial charge is 0.497 e. The number of carbonyl (C=O) groups is 1. The molecule has 0 aliphatic carbocycles. The summed E-state index contributed by atoms with van der Waals surface area (Å²) in [7, 11) is 3.25. The first-order valence-electron chi connectivity index (χ1n) is 9.74. The lowest BCUT2D eigenvalue weighted by Gasteiger charge is -2.36. The lowest BCUT2D eigenvalue weighted by atomic mass is 9.94. The first kappa shape index (κ1) is 18.7. The van der Waals surface area contributed by atoms with Crippen molar-refractivity contribution in [2.24, 2.45) is 13.0 Å². The van der Waals surface area contributed by atoms with Gasteiger partial charge in [0.15, 0.2) is 0 Å². The molecule has 148 valence electrons. The monoisotopic (exact) mass is 382 g/mol. The molecule has 1 amide bonds. The van der Waals surface area contributed by atoms with Gasteiger partial charge in [-0.1, -0.05) is 12.1 Å². The highest BCUT2D eigenvalue weighted by atomic mass is 16.5. The lowest BCUT2D eigenvalue weighted by Crippen LogP contribution is -2.47. The van der Waals surface area contributed by atoms with Gasteiger partial charge in [0.25, 0.3) is 11.5 Å². The Balaban J connectivity index is 1.48. The minimum absolute atomic E-state index is 0.0726. The van der Waals surface area contributed by atoms with E-state index >= 15 is 0 Å². The van der Waals surface area contributed by atoms with Crippen LogP contribution in [0.15, 0.2) is 41.2 Å². The average Bonchev–Trinajstić information content (AvgIpc) is 3.00. The summed E-state index contributed by atoms with van der Waals surface area (Å²) in [6.07, 6.45) is 2.16. The smallest absolute Gasteiger partial charge is 0.274 e. The second-order valence-corrected chi connectivity index (χ2v) is 7.78. The molecule has 0 unspecified atom stereocenters. The van der Waals surface area contributed by atoms with Crippen molar-refractivity contribution in [3.8, 4) is 5.75 Å². The number of hydrogen-bond donors (Lipinski definition) is 0. The van der Waals surface area contributed by atoms with E-state index in [1.54, 1.807) is 20.2 Å². The minimum Gasteiger partial charge on any atom is -0.497 e. The van der Waals surface area contributed by atoms with Gasteiger partial charge in [-0.05, 0) is 42.5 Å². The van der Waals surface area contributed by atoms with Crippen LogP contribution in [0.25, 0.3) is 0 Å². The van der Waals surface area contributed by atoms with E-state index in [2.05, 4.69) is 22.1 Å². The summed E-state index contributed by atoms with van der Waals surface area (Å²) in [6, 6.07) is 11.3. The Morgan fingerprint density at radius 1 is 1.11 bits per heavy atom. The van der Waals surface area contributed by atoms with Crippen LogP contribution in [0.1, 0.15) is 28.9 Å². The Bertz CT molecular complexity index is 909. The summed E-state index contributed by atoms with van der Waals surface area (Å²) >= 11 is 0. The molecule has 3 fully saturated rings. The number of nitrogens with zero attached hydrogens (tertiary/aromatic N) is 4. The predicted molar refractivity (Wildman–Crippen MR) is 105 cm³/mol. The molecule has 7 nitrogen and oxygen atoms in total. The van der Waals surface area contributed by atoms with Crippen LogP contribution in [-0.4, -0.2) is 58.3 Å². The zero-order valence-corrected chi connectivity index (χ0v) is 16.4. The second-order valence-electron chi connectivity index (χ2n) is 7.78. The number of aromatic nitrogens is 2. The Hall–Kier alpha value is -2.67. The molecule has 1 aromatic carbocycles. The molecule has 2 atom stereocenters. The highest BCUT2D eigenvalue weighted by Crippen LogP contribution is 2.29. The molecule has 0 spiro atoms. The topological polar surface area (TPSA) is 67.7 Å². The lowest BCUT2D eigenvalue weighted by molar-refractivity contribution is 0.0576. The van der Waals surface area contributed by atoms with Gasteiger partial charge in [-0.2, -0.15) is 5.10 Å². The molecule has 0 radical (unpaired) electrons. The molecule has 2 aromatic rings. The summed E-state index contributed by atoms with van der Waals surface area (Å²) in [4.78, 5) is 29.0. The summed E-state index contributed by atoms with van der Waals surface area (Å²) in [5.74, 6) is 1.26. The molecule has 5 rings (SSSR count). The Labute approximate surface area is 164 Å². The van der Waals surface area contributed by atoms with Gasteiger partial charge in [-0.25, -0.2) is 4.68 Å². The second kappa shape index (κ2) is 7.75. The maximum Gasteiger partial charge on any atom is 0.274 e. The van der Waals surface area contributed by atoms with Gasteiger partial charge in [-0.3, -0.25) is 14.5 Å². The van der Waals surface area contributed by atoms with Gasteiger partial charge < -0.3 is 9.64 Å². The third kappa shape index (κ3) is 3.80. The molecule has 7 heteroatoms. The fraction of sp³-hybridized carbons (Fsp3) is 0.476. The van der Waals surface area contributed by atoms with Crippen molar-refractivity contribution in [1.29, 1.82) is 0 Å². The molecule has 1 aromatic heterocycles. The molecule has 3 saturated heterocycles. The van der Waals surface area contributed by atoms with E-state index in [4.69, 9.17) is 4.74 Å². The first-order valence-corrected chi connectivity index (χ1v) is 9.74. The van der Waals surface area contributed by atoms with E-state index < -0.39 is 0 Å². The van der Waals surface area contributed by atoms with Crippen LogP contribution >= 0.6 is 0 Å². The van der Waals surface area contributed by atoms with E-state index in [0.717, 1.165) is 44.8 Å². The number of fused-ring (bicyclic) bond motifs is 4. The van der Waals surface area contributed by atoms with Crippen molar-refractivity contribution in [2.45, 2.75) is 25.4 Å². The first-order chi connectivity index (χ1) is 13.5. The third-order valence-corrected chi connectivity index (χ3v) is 5.79. The molecule has 2 bridgehead atoms. The number of carbonyl (C=O) groups excluding carboxylic acids is 1. The standard InChI is InChI=1S/C21H26N4O3/c1-23-20(26)10-9-19(22-23)21(27)25-13-16-3-6-17(25)14-24(12-16)11-15-4-7-18(28-2)8-5-15/h4-5,7-10,16-17H,3,6,11-14H2,1-2H3/t16-,17+/m0/s1. The van der Waals surface area contributed by atoms with Crippen LogP contribution in [0.2, 0.25) is 0 Å². The Kier molecular flexibility index (Phi) is 5.17. The third-order valence-electron chi connectivity index (χ3n) is 5.79. The normalized spacial score (nSPS) is 22.1. The van der Waals surface area contributed by atoms with E-state index in [1.807, 2.05) is 17.0 Å². The van der Waals surface area contributed by atoms with Crippen molar-refractivity contribution >= 4 is 5.91 Å². The fourth-order valence-corrected chi connectivity index (χ4v) is 4.31. The van der Waals surface area contributed by atoms with Crippen LogP contribution in [0.4, 0.5) is 0 Å². The number of ether oxygens (including phenoxy) is 1. The number of benzene rings is 1. The van der Waals surface area contributed by atoms with Crippen LogP contribution < -0.4 is 10.3 Å². The van der Waals surface area contributed by atoms with E-state index in [9.17, 15) is 9.59 Å². The van der Waals surface area contributed by atoms with Gasteiger partial charge in [0, 0.05) is 45.3 Å². The maximum atomic E-state index is 13.1. The van der Waals surface area contributed by atoms with Gasteiger partial charge in [0.05, 0.1) is 7.11 Å². The van der Waals surface area contributed by atoms with E-state index in [0.29, 0.717) is 11.6 Å². The van der Waals surface area contributed by atoms with Crippen LogP contribution in [0, 0.1) is 5.92 Å². The van der Waals surface area contributed by atoms with Crippen LogP contribution in [0.5, 0.6) is 5.75 Å². The van der Waals surface area contributed by atoms with Crippen molar-refractivity contribution < 1.29 is 9.53 Å². The summed E-state index contributed by atoms with van der Waals surface area (Å²) in [5.41, 5.74) is 1.38. The van der Waals surface area contributed by atoms with Crippen molar-refractivity contribution in [1.82, 2.24) is 19.6 Å². The molecule has 3 aliphatic rings. The van der Waals surface area contributed by atoms with Crippen molar-refractivity contribution in [3.63, 3.8) is 0 Å². The van der Waals surface area contributed by atoms with Crippen molar-refractivity contribution in [2.75, 3.05) is 26.7 Å². The quantitative estimate of drug-likeness (QED) is 0.802. The number of rotatable bonds is 4. The molecule has 0 saturated carbocycles. The van der Waals surface area contributed by atoms with Gasteiger partial charge in [0.2, 0.25) is 0 Å².